The van der Waals surface area contributed by atoms with Gasteiger partial charge in [0.1, 0.15) is 0 Å². The second kappa shape index (κ2) is 4.84. The minimum atomic E-state index is 0.216. The highest BCUT2D eigenvalue weighted by Gasteiger charge is 2.26. The molecule has 0 N–H and O–H groups in total. The lowest BCUT2D eigenvalue weighted by Gasteiger charge is -2.18. The summed E-state index contributed by atoms with van der Waals surface area (Å²) in [6, 6.07) is 0. The Labute approximate surface area is 91.1 Å². The number of amides is 1. The van der Waals surface area contributed by atoms with Crippen LogP contribution < -0.4 is 0 Å². The molecule has 14 heavy (non-hydrogen) atoms. The molecule has 1 fully saturated rings. The van der Waals surface area contributed by atoms with Gasteiger partial charge in [-0.2, -0.15) is 0 Å². The van der Waals surface area contributed by atoms with E-state index in [0.717, 1.165) is 24.4 Å². The van der Waals surface area contributed by atoms with Crippen LogP contribution in [0.15, 0.2) is 0 Å². The number of rotatable bonds is 3. The van der Waals surface area contributed by atoms with Gasteiger partial charge in [-0.15, -0.1) is 0 Å². The first kappa shape index (κ1) is 11.6. The van der Waals surface area contributed by atoms with Crippen LogP contribution in [0.3, 0.4) is 0 Å². The number of hydrogen-bond acceptors (Lipinski definition) is 3. The lowest BCUT2D eigenvalue weighted by Crippen LogP contribution is -2.36. The van der Waals surface area contributed by atoms with Gasteiger partial charge in [0.2, 0.25) is 5.91 Å². The average molecular weight is 214 g/mol. The van der Waals surface area contributed by atoms with E-state index >= 15 is 0 Å². The Morgan fingerprint density at radius 2 is 2.21 bits per heavy atom. The van der Waals surface area contributed by atoms with Crippen molar-refractivity contribution in [3.05, 3.63) is 0 Å². The molecule has 0 aromatic carbocycles. The maximum atomic E-state index is 11.7. The van der Waals surface area contributed by atoms with Crippen molar-refractivity contribution in [3.8, 4) is 0 Å². The van der Waals surface area contributed by atoms with Crippen molar-refractivity contribution in [1.82, 2.24) is 9.80 Å². The molecule has 1 atom stereocenters. The Kier molecular flexibility index (Phi) is 4.01. The van der Waals surface area contributed by atoms with Crippen LogP contribution in [-0.4, -0.2) is 54.3 Å². The summed E-state index contributed by atoms with van der Waals surface area (Å²) in [5.41, 5.74) is 0. The van der Waals surface area contributed by atoms with Crippen molar-refractivity contribution in [3.63, 3.8) is 0 Å². The number of nitrogens with zero attached hydrogens (tertiary/aromatic N) is 2. The lowest BCUT2D eigenvalue weighted by atomic mass is 10.1. The van der Waals surface area contributed by atoms with Crippen LogP contribution in [0, 0.1) is 5.92 Å². The Bertz CT molecular complexity index is 240. The van der Waals surface area contributed by atoms with Gasteiger partial charge in [-0.05, 0) is 32.3 Å². The molecule has 1 heterocycles. The largest absolute Gasteiger partial charge is 0.341 e. The fourth-order valence-electron chi connectivity index (χ4n) is 1.69. The summed E-state index contributed by atoms with van der Waals surface area (Å²) in [6.07, 6.45) is 1.04. The third-order valence-corrected chi connectivity index (χ3v) is 2.90. The molecule has 0 saturated carbocycles. The summed E-state index contributed by atoms with van der Waals surface area (Å²) in [5.74, 6) is 0.657. The number of likely N-dealkylation sites (tertiary alicyclic amines) is 1. The molecule has 1 aliphatic heterocycles. The predicted molar refractivity (Wildman–Crippen MR) is 61.5 cm³/mol. The molecule has 0 aromatic heterocycles. The molecule has 1 rings (SSSR count). The van der Waals surface area contributed by atoms with Gasteiger partial charge in [0.05, 0.1) is 6.54 Å². The molecule has 3 nitrogen and oxygen atoms in total. The van der Waals surface area contributed by atoms with Crippen molar-refractivity contribution < 1.29 is 4.79 Å². The van der Waals surface area contributed by atoms with Gasteiger partial charge in [-0.25, -0.2) is 0 Å². The zero-order valence-corrected chi connectivity index (χ0v) is 9.93. The predicted octanol–water partition coefficient (Wildman–Crippen LogP) is 0.786. The summed E-state index contributed by atoms with van der Waals surface area (Å²) in [5, 5.41) is 0. The molecule has 0 bridgehead atoms. The van der Waals surface area contributed by atoms with E-state index in [1.165, 1.54) is 0 Å². The number of likely N-dealkylation sites (N-methyl/N-ethyl adjacent to an activating group) is 1. The normalized spacial score (nSPS) is 21.7. The molecule has 0 spiro atoms. The topological polar surface area (TPSA) is 23.6 Å². The molecule has 0 aromatic rings. The zero-order valence-electron chi connectivity index (χ0n) is 9.12. The highest BCUT2D eigenvalue weighted by molar-refractivity contribution is 7.80. The number of carbonyl (C=O) groups is 1. The van der Waals surface area contributed by atoms with E-state index in [4.69, 9.17) is 12.2 Å². The van der Waals surface area contributed by atoms with Gasteiger partial charge in [0, 0.05) is 19.0 Å². The highest BCUT2D eigenvalue weighted by atomic mass is 32.1. The third kappa shape index (κ3) is 3.03. The fraction of sp³-hybridized carbons (Fsp3) is 0.800. The number of carbonyl (C=O) groups excluding carboxylic acids is 1. The number of thiocarbonyl (C=S) groups is 1. The molecule has 1 saturated heterocycles. The average Bonchev–Trinajstić information content (AvgIpc) is 2.50. The summed E-state index contributed by atoms with van der Waals surface area (Å²) >= 11 is 5.13. The van der Waals surface area contributed by atoms with Gasteiger partial charge in [0.25, 0.3) is 0 Å². The molecule has 0 radical (unpaired) electrons. The minimum Gasteiger partial charge on any atom is -0.341 e. The minimum absolute atomic E-state index is 0.216. The Balaban J connectivity index is 2.42. The van der Waals surface area contributed by atoms with Crippen LogP contribution in [0.4, 0.5) is 0 Å². The van der Waals surface area contributed by atoms with Crippen LogP contribution in [0.25, 0.3) is 0 Å². The van der Waals surface area contributed by atoms with Crippen LogP contribution in [0.1, 0.15) is 13.3 Å². The van der Waals surface area contributed by atoms with Crippen LogP contribution in [0.5, 0.6) is 0 Å². The second-order valence-electron chi connectivity index (χ2n) is 4.17. The van der Waals surface area contributed by atoms with E-state index in [-0.39, 0.29) is 5.91 Å². The van der Waals surface area contributed by atoms with E-state index < -0.39 is 0 Å². The molecule has 0 aliphatic carbocycles. The van der Waals surface area contributed by atoms with E-state index in [0.29, 0.717) is 12.5 Å². The first-order valence-corrected chi connectivity index (χ1v) is 5.34. The smallest absolute Gasteiger partial charge is 0.236 e. The maximum Gasteiger partial charge on any atom is 0.236 e. The van der Waals surface area contributed by atoms with Gasteiger partial charge >= 0.3 is 0 Å². The highest BCUT2D eigenvalue weighted by Crippen LogP contribution is 2.17. The van der Waals surface area contributed by atoms with E-state index in [1.807, 2.05) is 30.8 Å². The SMILES string of the molecule is CC(=S)[C@@H]1CCN(C(=O)CN(C)C)C1. The Morgan fingerprint density at radius 3 is 2.64 bits per heavy atom. The van der Waals surface area contributed by atoms with Crippen molar-refractivity contribution in [2.75, 3.05) is 33.7 Å². The Morgan fingerprint density at radius 1 is 1.57 bits per heavy atom. The fourth-order valence-corrected chi connectivity index (χ4v) is 1.88. The second-order valence-corrected chi connectivity index (χ2v) is 4.82. The van der Waals surface area contributed by atoms with Crippen LogP contribution in [0.2, 0.25) is 0 Å². The van der Waals surface area contributed by atoms with Gasteiger partial charge in [-0.1, -0.05) is 12.2 Å². The molecular weight excluding hydrogens is 196 g/mol. The first-order valence-electron chi connectivity index (χ1n) is 4.93. The third-order valence-electron chi connectivity index (χ3n) is 2.57. The van der Waals surface area contributed by atoms with E-state index in [9.17, 15) is 4.79 Å². The van der Waals surface area contributed by atoms with Crippen molar-refractivity contribution in [1.29, 1.82) is 0 Å². The molecule has 4 heteroatoms. The molecular formula is C10H18N2OS. The monoisotopic (exact) mass is 214 g/mol. The summed E-state index contributed by atoms with van der Waals surface area (Å²) in [4.78, 5) is 16.5. The first-order chi connectivity index (χ1) is 6.50. The van der Waals surface area contributed by atoms with Crippen LogP contribution in [-0.2, 0) is 4.79 Å². The molecule has 1 amide bonds. The Hall–Kier alpha value is -0.480. The standard InChI is InChI=1S/C10H18N2OS/c1-8(14)9-4-5-12(6-9)10(13)7-11(2)3/h9H,4-7H2,1-3H3/t9-/m1/s1. The van der Waals surface area contributed by atoms with E-state index in [2.05, 4.69) is 0 Å². The van der Waals surface area contributed by atoms with Crippen LogP contribution >= 0.6 is 12.2 Å². The van der Waals surface area contributed by atoms with Crippen molar-refractivity contribution in [2.45, 2.75) is 13.3 Å². The van der Waals surface area contributed by atoms with Crippen molar-refractivity contribution in [2.24, 2.45) is 5.92 Å². The summed E-state index contributed by atoms with van der Waals surface area (Å²) in [7, 11) is 3.83. The summed E-state index contributed by atoms with van der Waals surface area (Å²) in [6.45, 7) is 4.16. The van der Waals surface area contributed by atoms with Gasteiger partial charge in [0.15, 0.2) is 0 Å². The van der Waals surface area contributed by atoms with Crippen molar-refractivity contribution >= 4 is 23.0 Å². The lowest BCUT2D eigenvalue weighted by molar-refractivity contribution is -0.130. The molecule has 1 aliphatic rings. The quantitative estimate of drug-likeness (QED) is 0.649. The van der Waals surface area contributed by atoms with E-state index in [1.54, 1.807) is 0 Å². The van der Waals surface area contributed by atoms with Gasteiger partial charge < -0.3 is 9.80 Å². The zero-order chi connectivity index (χ0) is 10.7. The van der Waals surface area contributed by atoms with Gasteiger partial charge in [-0.3, -0.25) is 4.79 Å². The molecule has 0 unspecified atom stereocenters. The summed E-state index contributed by atoms with van der Waals surface area (Å²) < 4.78 is 0. The number of hydrogen-bond donors (Lipinski definition) is 0. The molecule has 80 valence electrons. The maximum absolute atomic E-state index is 11.7.